The van der Waals surface area contributed by atoms with Crippen LogP contribution in [-0.4, -0.2) is 228 Å². The average Bonchev–Trinajstić information content (AvgIpc) is 1.20. The molecule has 540 valence electrons. The first-order valence-electron chi connectivity index (χ1n) is 34.5. The number of nitrogens with one attached hydrogen (secondary N) is 3. The molecule has 24 heteroatoms. The maximum absolute atomic E-state index is 14.7. The maximum Gasteiger partial charge on any atom is 0.326 e. The molecule has 1 fully saturated rings. The van der Waals surface area contributed by atoms with Crippen molar-refractivity contribution in [3.8, 4) is 11.8 Å². The minimum atomic E-state index is -1.18. The Kier molecular flexibility index (Phi) is 34.9. The van der Waals surface area contributed by atoms with E-state index in [-0.39, 0.29) is 105 Å². The van der Waals surface area contributed by atoms with Crippen LogP contribution < -0.4 is 20.9 Å². The van der Waals surface area contributed by atoms with Gasteiger partial charge in [-0.2, -0.15) is 0 Å². The summed E-state index contributed by atoms with van der Waals surface area (Å²) < 4.78 is 34.4. The van der Waals surface area contributed by atoms with Crippen molar-refractivity contribution in [1.82, 2.24) is 35.6 Å². The maximum atomic E-state index is 14.7. The molecule has 3 aromatic carbocycles. The van der Waals surface area contributed by atoms with Gasteiger partial charge in [0.1, 0.15) is 18.1 Å². The van der Waals surface area contributed by atoms with E-state index in [1.54, 1.807) is 71.9 Å². The number of amides is 8. The van der Waals surface area contributed by atoms with Crippen LogP contribution in [0.2, 0.25) is 0 Å². The molecule has 8 amide bonds. The molecule has 2 aliphatic heterocycles. The summed E-state index contributed by atoms with van der Waals surface area (Å²) in [7, 11) is 7.83. The van der Waals surface area contributed by atoms with Gasteiger partial charge < -0.3 is 74.0 Å². The third-order valence-electron chi connectivity index (χ3n) is 18.3. The molecular weight excluding hydrogens is 1260 g/mol. The van der Waals surface area contributed by atoms with Gasteiger partial charge in [0.05, 0.1) is 102 Å². The lowest BCUT2D eigenvalue weighted by molar-refractivity contribution is -0.149. The highest BCUT2D eigenvalue weighted by molar-refractivity contribution is 5.97. The van der Waals surface area contributed by atoms with Crippen LogP contribution in [0.1, 0.15) is 129 Å². The Hall–Kier alpha value is -7.79. The molecule has 4 N–H and O–H groups in total. The molecule has 0 radical (unpaired) electrons. The molecule has 98 heavy (non-hydrogen) atoms. The standard InChI is InChI=1S/C74H108N8O16/c1-13-52(6)69(61(93-11)48-66(87)81-37-22-29-60(81)70(94-12)53(7)71(88)76-58(74(91)92)47-54-23-15-14-16-24-54)80(10)73(90)67(50(2)3)77-72(89)68(51(4)5)79(9)64(85)31-21-30-63(84)78(8)38-40-96-42-44-98-46-45-97-43-41-95-39-36-75-62(83)34-35-65(86)82-49-57-27-18-17-25-55(57)32-33-56-26-19-20-28-59(56)82/h14-20,23-28,50-53,58,60-61,67-70H,13,21-22,29-31,34-49H2,1-12H3,(H,75,83)(H,76,88)(H,77,89)(H,91,92). The Morgan fingerprint density at radius 3 is 1.88 bits per heavy atom. The second kappa shape index (κ2) is 42.2. The Morgan fingerprint density at radius 2 is 1.26 bits per heavy atom. The summed E-state index contributed by atoms with van der Waals surface area (Å²) in [4.78, 5) is 130. The lowest BCUT2D eigenvalue weighted by atomic mass is 9.89. The van der Waals surface area contributed by atoms with Crippen LogP contribution in [0.3, 0.4) is 0 Å². The number of hydrogen-bond donors (Lipinski definition) is 4. The molecule has 0 spiro atoms. The SMILES string of the molecule is CCC(C)C(C(CC(=O)N1CCCC1C(OC)C(C)C(=O)NC(Cc1ccccc1)C(=O)O)OC)N(C)C(=O)C(NC(=O)C(C(C)C)N(C)C(=O)CCCC(=O)N(C)CCOCCOCCOCCOCCNC(=O)CCC(=O)N1Cc2ccccc2C#Cc2ccccc21)C(C)C. The van der Waals surface area contributed by atoms with Crippen LogP contribution in [-0.2, 0) is 84.5 Å². The topological polar surface area (TPSA) is 282 Å². The summed E-state index contributed by atoms with van der Waals surface area (Å²) in [5.41, 5.74) is 4.05. The molecule has 9 atom stereocenters. The molecule has 0 aromatic heterocycles. The highest BCUT2D eigenvalue weighted by Gasteiger charge is 2.44. The number of nitrogens with zero attached hydrogens (tertiary/aromatic N) is 5. The van der Waals surface area contributed by atoms with Crippen LogP contribution in [0.15, 0.2) is 78.9 Å². The molecule has 2 heterocycles. The van der Waals surface area contributed by atoms with E-state index in [0.29, 0.717) is 85.1 Å². The fourth-order valence-electron chi connectivity index (χ4n) is 12.5. The molecule has 9 unspecified atom stereocenters. The van der Waals surface area contributed by atoms with Gasteiger partial charge in [-0.15, -0.1) is 0 Å². The minimum absolute atomic E-state index is 0.0104. The summed E-state index contributed by atoms with van der Waals surface area (Å²) in [5, 5.41) is 18.5. The highest BCUT2D eigenvalue weighted by Crippen LogP contribution is 2.31. The van der Waals surface area contributed by atoms with Gasteiger partial charge in [-0.3, -0.25) is 38.4 Å². The number of carbonyl (C=O) groups excluding carboxylic acids is 8. The number of hydrogen-bond acceptors (Lipinski definition) is 15. The number of aliphatic carboxylic acids is 1. The monoisotopic (exact) mass is 1360 g/mol. The van der Waals surface area contributed by atoms with Crippen molar-refractivity contribution in [3.63, 3.8) is 0 Å². The predicted octanol–water partition coefficient (Wildman–Crippen LogP) is 5.88. The third kappa shape index (κ3) is 24.9. The number of carboxylic acids is 1. The molecule has 1 saturated heterocycles. The number of benzene rings is 3. The molecule has 3 aromatic rings. The van der Waals surface area contributed by atoms with Crippen molar-refractivity contribution in [1.29, 1.82) is 0 Å². The Balaban J connectivity index is 0.960. The summed E-state index contributed by atoms with van der Waals surface area (Å²) in [5.74, 6) is 0.947. The van der Waals surface area contributed by atoms with Crippen LogP contribution in [0, 0.1) is 35.5 Å². The van der Waals surface area contributed by atoms with Crippen molar-refractivity contribution in [2.45, 2.75) is 162 Å². The van der Waals surface area contributed by atoms with Crippen molar-refractivity contribution in [2.75, 3.05) is 113 Å². The van der Waals surface area contributed by atoms with Crippen LogP contribution in [0.4, 0.5) is 5.69 Å². The number of likely N-dealkylation sites (tertiary alicyclic amines) is 1. The van der Waals surface area contributed by atoms with E-state index in [1.165, 1.54) is 19.1 Å². The Bertz CT molecular complexity index is 3120. The Morgan fingerprint density at radius 1 is 0.653 bits per heavy atom. The average molecular weight is 1370 g/mol. The van der Waals surface area contributed by atoms with E-state index in [1.807, 2.05) is 96.1 Å². The molecular formula is C74H108N8O16. The van der Waals surface area contributed by atoms with Crippen molar-refractivity contribution in [2.24, 2.45) is 23.7 Å². The number of methoxy groups -OCH3 is 2. The zero-order chi connectivity index (χ0) is 71.8. The largest absolute Gasteiger partial charge is 0.480 e. The smallest absolute Gasteiger partial charge is 0.326 e. The van der Waals surface area contributed by atoms with Gasteiger partial charge in [0, 0.05) is 98.2 Å². The van der Waals surface area contributed by atoms with Crippen LogP contribution in [0.5, 0.6) is 0 Å². The van der Waals surface area contributed by atoms with Crippen molar-refractivity contribution >= 4 is 58.9 Å². The van der Waals surface area contributed by atoms with Gasteiger partial charge in [0.2, 0.25) is 47.3 Å². The van der Waals surface area contributed by atoms with Gasteiger partial charge in [-0.1, -0.05) is 127 Å². The highest BCUT2D eigenvalue weighted by atomic mass is 16.6. The van der Waals surface area contributed by atoms with E-state index >= 15 is 0 Å². The van der Waals surface area contributed by atoms with Gasteiger partial charge in [0.25, 0.3) is 0 Å². The van der Waals surface area contributed by atoms with Gasteiger partial charge >= 0.3 is 5.97 Å². The van der Waals surface area contributed by atoms with E-state index in [2.05, 4.69) is 27.8 Å². The normalized spacial score (nSPS) is 15.9. The second-order valence-electron chi connectivity index (χ2n) is 26.0. The molecule has 0 saturated carbocycles. The fourth-order valence-corrected chi connectivity index (χ4v) is 12.5. The van der Waals surface area contributed by atoms with Crippen molar-refractivity contribution < 1.29 is 76.7 Å². The lowest BCUT2D eigenvalue weighted by Gasteiger charge is -2.41. The molecule has 2 aliphatic rings. The zero-order valence-corrected chi connectivity index (χ0v) is 59.7. The third-order valence-corrected chi connectivity index (χ3v) is 18.3. The van der Waals surface area contributed by atoms with Crippen LogP contribution in [0.25, 0.3) is 0 Å². The summed E-state index contributed by atoms with van der Waals surface area (Å²) in [6, 6.07) is 20.0. The van der Waals surface area contributed by atoms with Gasteiger partial charge in [-0.25, -0.2) is 4.79 Å². The first-order valence-corrected chi connectivity index (χ1v) is 34.5. The Labute approximate surface area is 579 Å². The second-order valence-corrected chi connectivity index (χ2v) is 26.0. The lowest BCUT2D eigenvalue weighted by Crippen LogP contribution is -2.60. The first kappa shape index (κ1) is 80.9. The number of carboxylic acid groups (broad SMARTS) is 1. The molecule has 5 rings (SSSR count). The first-order chi connectivity index (χ1) is 46.9. The summed E-state index contributed by atoms with van der Waals surface area (Å²) in [6.07, 6.45) is 0.736. The minimum Gasteiger partial charge on any atom is -0.480 e. The number of carbonyl (C=O) groups is 9. The number of fused-ring (bicyclic) bond motifs is 2. The van der Waals surface area contributed by atoms with E-state index in [0.717, 1.165) is 27.9 Å². The number of rotatable bonds is 43. The van der Waals surface area contributed by atoms with E-state index in [4.69, 9.17) is 28.4 Å². The summed E-state index contributed by atoms with van der Waals surface area (Å²) in [6.45, 7) is 16.8. The zero-order valence-electron chi connectivity index (χ0n) is 59.7. The predicted molar refractivity (Wildman–Crippen MR) is 371 cm³/mol. The molecule has 0 aliphatic carbocycles. The van der Waals surface area contributed by atoms with E-state index < -0.39 is 72.0 Å². The quantitative estimate of drug-likeness (QED) is 0.0380. The summed E-state index contributed by atoms with van der Waals surface area (Å²) >= 11 is 0. The number of ether oxygens (including phenoxy) is 6. The number of anilines is 1. The molecule has 24 nitrogen and oxygen atoms in total. The van der Waals surface area contributed by atoms with Gasteiger partial charge in [0.15, 0.2) is 0 Å². The number of likely N-dealkylation sites (N-methyl/N-ethyl adjacent to an activating group) is 3. The van der Waals surface area contributed by atoms with E-state index in [9.17, 15) is 48.3 Å². The fraction of sp³-hybridized carbons (Fsp3) is 0.608. The molecule has 0 bridgehead atoms. The van der Waals surface area contributed by atoms with Crippen molar-refractivity contribution in [3.05, 3.63) is 101 Å². The van der Waals surface area contributed by atoms with Gasteiger partial charge in [-0.05, 0) is 66.3 Å². The number of para-hydroxylation sites is 1. The van der Waals surface area contributed by atoms with Crippen LogP contribution >= 0.6 is 0 Å².